The highest BCUT2D eigenvalue weighted by Crippen LogP contribution is 2.25. The molecule has 1 amide bonds. The molecule has 2 saturated heterocycles. The van der Waals surface area contributed by atoms with Gasteiger partial charge >= 0.3 is 0 Å². The number of aromatic nitrogens is 2. The van der Waals surface area contributed by atoms with Crippen molar-refractivity contribution in [2.45, 2.75) is 51.1 Å². The van der Waals surface area contributed by atoms with E-state index in [9.17, 15) is 4.79 Å². The van der Waals surface area contributed by atoms with Crippen LogP contribution in [-0.4, -0.2) is 71.2 Å². The smallest absolute Gasteiger partial charge is 0.237 e. The molecular weight excluding hydrogens is 310 g/mol. The Kier molecular flexibility index (Phi) is 5.61. The first-order valence-corrected chi connectivity index (χ1v) is 9.46. The molecule has 0 unspecified atom stereocenters. The molecule has 0 aliphatic carbocycles. The molecule has 23 heavy (non-hydrogen) atoms. The van der Waals surface area contributed by atoms with Crippen molar-refractivity contribution in [2.24, 2.45) is 0 Å². The summed E-state index contributed by atoms with van der Waals surface area (Å²) < 4.78 is 0. The Morgan fingerprint density at radius 2 is 2.04 bits per heavy atom. The SMILES string of the molecule is Cc1nnc(CCNC(=O)[C@@H]2CCCN2C2CCN(C)CC2)s1. The fourth-order valence-electron chi connectivity index (χ4n) is 3.68. The summed E-state index contributed by atoms with van der Waals surface area (Å²) in [7, 11) is 2.18. The lowest BCUT2D eigenvalue weighted by atomic mass is 10.0. The van der Waals surface area contributed by atoms with Gasteiger partial charge in [0, 0.05) is 19.0 Å². The van der Waals surface area contributed by atoms with Crippen molar-refractivity contribution in [1.29, 1.82) is 0 Å². The first-order valence-electron chi connectivity index (χ1n) is 8.64. The van der Waals surface area contributed by atoms with Crippen molar-refractivity contribution >= 4 is 17.2 Å². The number of rotatable bonds is 5. The van der Waals surface area contributed by atoms with Crippen LogP contribution in [0.5, 0.6) is 0 Å². The second-order valence-electron chi connectivity index (χ2n) is 6.69. The van der Waals surface area contributed by atoms with E-state index in [1.807, 2.05) is 6.92 Å². The van der Waals surface area contributed by atoms with Crippen LogP contribution in [0.1, 0.15) is 35.7 Å². The number of hydrogen-bond acceptors (Lipinski definition) is 6. The molecule has 6 nitrogen and oxygen atoms in total. The average Bonchev–Trinajstić information content (AvgIpc) is 3.17. The minimum atomic E-state index is 0.0690. The molecule has 7 heteroatoms. The van der Waals surface area contributed by atoms with E-state index < -0.39 is 0 Å². The molecule has 0 spiro atoms. The fraction of sp³-hybridized carbons (Fsp3) is 0.812. The summed E-state index contributed by atoms with van der Waals surface area (Å²) in [6, 6.07) is 0.648. The molecule has 1 aromatic heterocycles. The molecule has 0 saturated carbocycles. The molecule has 2 fully saturated rings. The third kappa shape index (κ3) is 4.28. The number of nitrogens with zero attached hydrogens (tertiary/aromatic N) is 4. The zero-order valence-corrected chi connectivity index (χ0v) is 14.9. The van der Waals surface area contributed by atoms with Crippen LogP contribution in [-0.2, 0) is 11.2 Å². The first kappa shape index (κ1) is 16.8. The van der Waals surface area contributed by atoms with Crippen LogP contribution in [0, 0.1) is 6.92 Å². The number of likely N-dealkylation sites (tertiary alicyclic amines) is 2. The third-order valence-electron chi connectivity index (χ3n) is 4.96. The molecule has 3 heterocycles. The normalized spacial score (nSPS) is 24.2. The summed E-state index contributed by atoms with van der Waals surface area (Å²) >= 11 is 1.61. The number of carbonyl (C=O) groups is 1. The fourth-order valence-corrected chi connectivity index (χ4v) is 4.39. The van der Waals surface area contributed by atoms with Crippen molar-refractivity contribution in [3.63, 3.8) is 0 Å². The van der Waals surface area contributed by atoms with Crippen molar-refractivity contribution in [2.75, 3.05) is 33.2 Å². The van der Waals surface area contributed by atoms with Crippen LogP contribution in [0.2, 0.25) is 0 Å². The van der Waals surface area contributed by atoms with Crippen molar-refractivity contribution in [1.82, 2.24) is 25.3 Å². The largest absolute Gasteiger partial charge is 0.354 e. The number of aryl methyl sites for hydroxylation is 1. The maximum absolute atomic E-state index is 12.6. The summed E-state index contributed by atoms with van der Waals surface area (Å²) in [6.07, 6.45) is 5.28. The van der Waals surface area contributed by atoms with E-state index in [2.05, 4.69) is 32.4 Å². The van der Waals surface area contributed by atoms with E-state index in [1.165, 1.54) is 12.8 Å². The van der Waals surface area contributed by atoms with Gasteiger partial charge in [-0.3, -0.25) is 9.69 Å². The quantitative estimate of drug-likeness (QED) is 0.871. The van der Waals surface area contributed by atoms with E-state index in [-0.39, 0.29) is 11.9 Å². The minimum Gasteiger partial charge on any atom is -0.354 e. The Labute approximate surface area is 142 Å². The highest BCUT2D eigenvalue weighted by molar-refractivity contribution is 7.11. The maximum atomic E-state index is 12.6. The van der Waals surface area contributed by atoms with E-state index in [1.54, 1.807) is 11.3 Å². The lowest BCUT2D eigenvalue weighted by Crippen LogP contribution is -2.51. The monoisotopic (exact) mass is 337 g/mol. The number of carbonyl (C=O) groups excluding carboxylic acids is 1. The van der Waals surface area contributed by atoms with Gasteiger partial charge in [-0.25, -0.2) is 0 Å². The highest BCUT2D eigenvalue weighted by atomic mass is 32.1. The molecule has 0 bridgehead atoms. The maximum Gasteiger partial charge on any atom is 0.237 e. The van der Waals surface area contributed by atoms with Gasteiger partial charge in [-0.05, 0) is 59.3 Å². The molecule has 1 atom stereocenters. The molecule has 0 radical (unpaired) electrons. The van der Waals surface area contributed by atoms with Crippen molar-refractivity contribution < 1.29 is 4.79 Å². The van der Waals surface area contributed by atoms with Crippen LogP contribution in [0.4, 0.5) is 0 Å². The van der Waals surface area contributed by atoms with Crippen molar-refractivity contribution in [3.8, 4) is 0 Å². The topological polar surface area (TPSA) is 61.4 Å². The number of piperidine rings is 1. The van der Waals surface area contributed by atoms with Crippen LogP contribution < -0.4 is 5.32 Å². The predicted molar refractivity (Wildman–Crippen MR) is 91.6 cm³/mol. The van der Waals surface area contributed by atoms with Crippen LogP contribution in [0.15, 0.2) is 0 Å². The second-order valence-corrected chi connectivity index (χ2v) is 7.95. The van der Waals surface area contributed by atoms with Gasteiger partial charge in [-0.15, -0.1) is 21.5 Å². The van der Waals surface area contributed by atoms with Gasteiger partial charge in [-0.1, -0.05) is 0 Å². The molecule has 1 aromatic rings. The molecule has 3 rings (SSSR count). The summed E-state index contributed by atoms with van der Waals surface area (Å²) in [4.78, 5) is 17.4. The number of hydrogen-bond donors (Lipinski definition) is 1. The zero-order chi connectivity index (χ0) is 16.2. The van der Waals surface area contributed by atoms with E-state index in [0.717, 1.165) is 48.9 Å². The van der Waals surface area contributed by atoms with Gasteiger partial charge in [0.15, 0.2) is 0 Å². The van der Waals surface area contributed by atoms with Gasteiger partial charge < -0.3 is 10.2 Å². The van der Waals surface area contributed by atoms with E-state index in [4.69, 9.17) is 0 Å². The Bertz CT molecular complexity index is 526. The van der Waals surface area contributed by atoms with Crippen LogP contribution >= 0.6 is 11.3 Å². The predicted octanol–water partition coefficient (Wildman–Crippen LogP) is 1.06. The summed E-state index contributed by atoms with van der Waals surface area (Å²) in [6.45, 7) is 5.98. The van der Waals surface area contributed by atoms with Crippen LogP contribution in [0.25, 0.3) is 0 Å². The van der Waals surface area contributed by atoms with Gasteiger partial charge in [0.2, 0.25) is 5.91 Å². The van der Waals surface area contributed by atoms with E-state index >= 15 is 0 Å². The van der Waals surface area contributed by atoms with Gasteiger partial charge in [0.05, 0.1) is 6.04 Å². The molecule has 2 aliphatic rings. The Hall–Kier alpha value is -1.05. The number of amides is 1. The van der Waals surface area contributed by atoms with Gasteiger partial charge in [-0.2, -0.15) is 0 Å². The third-order valence-corrected chi connectivity index (χ3v) is 5.86. The lowest BCUT2D eigenvalue weighted by Gasteiger charge is -2.37. The van der Waals surface area contributed by atoms with Gasteiger partial charge in [0.1, 0.15) is 10.0 Å². The second kappa shape index (κ2) is 7.68. The highest BCUT2D eigenvalue weighted by Gasteiger charge is 2.36. The van der Waals surface area contributed by atoms with Crippen LogP contribution in [0.3, 0.4) is 0 Å². The van der Waals surface area contributed by atoms with E-state index in [0.29, 0.717) is 12.6 Å². The van der Waals surface area contributed by atoms with Crippen molar-refractivity contribution in [3.05, 3.63) is 10.0 Å². The summed E-state index contributed by atoms with van der Waals surface area (Å²) in [5.41, 5.74) is 0. The minimum absolute atomic E-state index is 0.0690. The molecule has 0 aromatic carbocycles. The molecule has 1 N–H and O–H groups in total. The summed E-state index contributed by atoms with van der Waals surface area (Å²) in [5, 5.41) is 13.2. The molecule has 128 valence electrons. The average molecular weight is 337 g/mol. The lowest BCUT2D eigenvalue weighted by molar-refractivity contribution is -0.126. The standard InChI is InChI=1S/C16H27N5OS/c1-12-18-19-15(23-12)5-8-17-16(22)14-4-3-9-21(14)13-6-10-20(2)11-7-13/h13-14H,3-11H2,1-2H3,(H,17,22)/t14-/m0/s1. The molecular formula is C16H27N5OS. The van der Waals surface area contributed by atoms with Gasteiger partial charge in [0.25, 0.3) is 0 Å². The Morgan fingerprint density at radius 3 is 2.74 bits per heavy atom. The number of nitrogens with one attached hydrogen (secondary N) is 1. The molecule has 2 aliphatic heterocycles. The zero-order valence-electron chi connectivity index (χ0n) is 14.1. The Balaban J connectivity index is 1.47. The Morgan fingerprint density at radius 1 is 1.26 bits per heavy atom. The summed E-state index contributed by atoms with van der Waals surface area (Å²) in [5.74, 6) is 0.197. The first-order chi connectivity index (χ1) is 11.1.